The van der Waals surface area contributed by atoms with Gasteiger partial charge >= 0.3 is 0 Å². The Kier molecular flexibility index (Phi) is 4.87. The highest BCUT2D eigenvalue weighted by Gasteiger charge is 2.23. The molecule has 0 saturated heterocycles. The third-order valence-electron chi connectivity index (χ3n) is 2.61. The van der Waals surface area contributed by atoms with Crippen molar-refractivity contribution in [3.63, 3.8) is 0 Å². The first kappa shape index (κ1) is 16.6. The number of rotatable bonds is 4. The summed E-state index contributed by atoms with van der Waals surface area (Å²) in [5.41, 5.74) is 0.346. The molecular formula is C12H12BrCl2N3O2S. The Morgan fingerprint density at radius 1 is 1.29 bits per heavy atom. The minimum atomic E-state index is -3.89. The molecule has 0 amide bonds. The van der Waals surface area contributed by atoms with Crippen molar-refractivity contribution >= 4 is 54.8 Å². The van der Waals surface area contributed by atoms with E-state index in [1.807, 2.05) is 13.8 Å². The zero-order valence-corrected chi connectivity index (χ0v) is 15.1. The van der Waals surface area contributed by atoms with E-state index in [1.54, 1.807) is 10.9 Å². The number of halogens is 3. The number of aromatic nitrogens is 2. The second kappa shape index (κ2) is 6.16. The average molecular weight is 413 g/mol. The van der Waals surface area contributed by atoms with Gasteiger partial charge in [0.15, 0.2) is 0 Å². The molecule has 114 valence electrons. The Balaban J connectivity index is 2.38. The number of benzene rings is 1. The summed E-state index contributed by atoms with van der Waals surface area (Å²) in [5.74, 6) is 0. The molecule has 0 radical (unpaired) electrons. The lowest BCUT2D eigenvalue weighted by atomic mass is 10.4. The van der Waals surface area contributed by atoms with Crippen LogP contribution >= 0.6 is 39.1 Å². The van der Waals surface area contributed by atoms with Gasteiger partial charge in [-0.3, -0.25) is 9.40 Å². The molecule has 1 heterocycles. The van der Waals surface area contributed by atoms with Crippen molar-refractivity contribution in [3.8, 4) is 0 Å². The maximum atomic E-state index is 12.4. The summed E-state index contributed by atoms with van der Waals surface area (Å²) < 4.78 is 29.5. The van der Waals surface area contributed by atoms with Crippen molar-refractivity contribution < 1.29 is 8.42 Å². The highest BCUT2D eigenvalue weighted by molar-refractivity contribution is 9.10. The molecule has 0 atom stereocenters. The van der Waals surface area contributed by atoms with Crippen molar-refractivity contribution in [1.82, 2.24) is 9.78 Å². The van der Waals surface area contributed by atoms with Crippen LogP contribution in [0.1, 0.15) is 19.9 Å². The summed E-state index contributed by atoms with van der Waals surface area (Å²) in [4.78, 5) is -0.161. The predicted octanol–water partition coefficient (Wildman–Crippen LogP) is 4.33. The quantitative estimate of drug-likeness (QED) is 0.812. The summed E-state index contributed by atoms with van der Waals surface area (Å²) in [6.45, 7) is 3.88. The molecule has 21 heavy (non-hydrogen) atoms. The number of hydrogen-bond donors (Lipinski definition) is 1. The zero-order chi connectivity index (χ0) is 15.8. The molecule has 0 unspecified atom stereocenters. The second-order valence-corrected chi connectivity index (χ2v) is 7.96. The zero-order valence-electron chi connectivity index (χ0n) is 11.1. The van der Waals surface area contributed by atoms with Gasteiger partial charge in [0.2, 0.25) is 0 Å². The summed E-state index contributed by atoms with van der Waals surface area (Å²) >= 11 is 15.2. The van der Waals surface area contributed by atoms with Crippen LogP contribution in [0, 0.1) is 0 Å². The molecule has 1 N–H and O–H groups in total. The van der Waals surface area contributed by atoms with Gasteiger partial charge in [0.05, 0.1) is 21.9 Å². The van der Waals surface area contributed by atoms with Crippen LogP contribution in [-0.4, -0.2) is 18.2 Å². The maximum absolute atomic E-state index is 12.4. The van der Waals surface area contributed by atoms with E-state index in [0.29, 0.717) is 10.2 Å². The summed E-state index contributed by atoms with van der Waals surface area (Å²) in [6.07, 6.45) is 3.03. The van der Waals surface area contributed by atoms with E-state index >= 15 is 0 Å². The monoisotopic (exact) mass is 411 g/mol. The molecule has 0 fully saturated rings. The van der Waals surface area contributed by atoms with Crippen LogP contribution in [0.15, 0.2) is 33.9 Å². The number of anilines is 1. The first-order valence-corrected chi connectivity index (χ1v) is 8.95. The van der Waals surface area contributed by atoms with E-state index in [9.17, 15) is 8.42 Å². The van der Waals surface area contributed by atoms with E-state index < -0.39 is 10.0 Å². The van der Waals surface area contributed by atoms with E-state index in [-0.39, 0.29) is 21.0 Å². The highest BCUT2D eigenvalue weighted by Crippen LogP contribution is 2.33. The minimum absolute atomic E-state index is 0.0399. The molecule has 0 saturated carbocycles. The minimum Gasteiger partial charge on any atom is -0.276 e. The van der Waals surface area contributed by atoms with Crippen LogP contribution < -0.4 is 4.72 Å². The number of nitrogens with one attached hydrogen (secondary N) is 1. The molecule has 2 aromatic rings. The fourth-order valence-electron chi connectivity index (χ4n) is 1.67. The van der Waals surface area contributed by atoms with Crippen LogP contribution in [0.25, 0.3) is 0 Å². The van der Waals surface area contributed by atoms with Gasteiger partial charge in [-0.2, -0.15) is 5.10 Å². The summed E-state index contributed by atoms with van der Waals surface area (Å²) in [6, 6.07) is 3.07. The van der Waals surface area contributed by atoms with Crippen molar-refractivity contribution in [3.05, 3.63) is 39.0 Å². The third-order valence-corrected chi connectivity index (χ3v) is 5.37. The van der Waals surface area contributed by atoms with Crippen molar-refractivity contribution in [1.29, 1.82) is 0 Å². The first-order valence-electron chi connectivity index (χ1n) is 5.92. The van der Waals surface area contributed by atoms with Crippen molar-refractivity contribution in [2.75, 3.05) is 4.72 Å². The smallest absolute Gasteiger partial charge is 0.264 e. The molecule has 0 aliphatic heterocycles. The van der Waals surface area contributed by atoms with Gasteiger partial charge in [-0.1, -0.05) is 39.1 Å². The van der Waals surface area contributed by atoms with E-state index in [0.717, 1.165) is 0 Å². The van der Waals surface area contributed by atoms with Gasteiger partial charge in [0, 0.05) is 16.7 Å². The van der Waals surface area contributed by atoms with Gasteiger partial charge < -0.3 is 0 Å². The normalized spacial score (nSPS) is 11.9. The standard InChI is InChI=1S/C12H12BrCl2N3O2S/c1-7(2)18-6-9(5-16-18)17-21(19,20)12-10(14)3-8(13)4-11(12)15/h3-7,17H,1-2H3. The molecule has 0 aliphatic carbocycles. The Morgan fingerprint density at radius 3 is 2.33 bits per heavy atom. The topological polar surface area (TPSA) is 64.0 Å². The van der Waals surface area contributed by atoms with Gasteiger partial charge in [-0.15, -0.1) is 0 Å². The lowest BCUT2D eigenvalue weighted by molar-refractivity contribution is 0.532. The molecule has 0 aliphatic rings. The molecule has 0 spiro atoms. The molecule has 2 rings (SSSR count). The summed E-state index contributed by atoms with van der Waals surface area (Å²) in [5, 5.41) is 4.15. The molecule has 1 aromatic carbocycles. The molecule has 9 heteroatoms. The predicted molar refractivity (Wildman–Crippen MR) is 87.6 cm³/mol. The van der Waals surface area contributed by atoms with Crippen molar-refractivity contribution in [2.45, 2.75) is 24.8 Å². The SMILES string of the molecule is CC(C)n1cc(NS(=O)(=O)c2c(Cl)cc(Br)cc2Cl)cn1. The maximum Gasteiger partial charge on any atom is 0.264 e. The van der Waals surface area contributed by atoms with Crippen LogP contribution in [0.3, 0.4) is 0 Å². The number of sulfonamides is 1. The Labute approximate surface area is 141 Å². The van der Waals surface area contributed by atoms with E-state index in [2.05, 4.69) is 25.8 Å². The Hall–Kier alpha value is -0.760. The van der Waals surface area contributed by atoms with E-state index in [1.165, 1.54) is 18.3 Å². The van der Waals surface area contributed by atoms with Gasteiger partial charge in [-0.05, 0) is 26.0 Å². The van der Waals surface area contributed by atoms with Gasteiger partial charge in [0.1, 0.15) is 4.90 Å². The van der Waals surface area contributed by atoms with E-state index in [4.69, 9.17) is 23.2 Å². The lowest BCUT2D eigenvalue weighted by Gasteiger charge is -2.10. The van der Waals surface area contributed by atoms with Crippen LogP contribution in [0.5, 0.6) is 0 Å². The number of hydrogen-bond acceptors (Lipinski definition) is 3. The Morgan fingerprint density at radius 2 is 1.86 bits per heavy atom. The second-order valence-electron chi connectivity index (χ2n) is 4.61. The highest BCUT2D eigenvalue weighted by atomic mass is 79.9. The molecule has 1 aromatic heterocycles. The fraction of sp³-hybridized carbons (Fsp3) is 0.250. The summed E-state index contributed by atoms with van der Waals surface area (Å²) in [7, 11) is -3.89. The van der Waals surface area contributed by atoms with Crippen molar-refractivity contribution in [2.24, 2.45) is 0 Å². The van der Waals surface area contributed by atoms with Crippen LogP contribution in [0.2, 0.25) is 10.0 Å². The molecule has 0 bridgehead atoms. The van der Waals surface area contributed by atoms with Crippen LogP contribution in [0.4, 0.5) is 5.69 Å². The largest absolute Gasteiger partial charge is 0.276 e. The number of nitrogens with zero attached hydrogens (tertiary/aromatic N) is 2. The van der Waals surface area contributed by atoms with Gasteiger partial charge in [0.25, 0.3) is 10.0 Å². The Bertz CT molecular complexity index is 752. The van der Waals surface area contributed by atoms with Gasteiger partial charge in [-0.25, -0.2) is 8.42 Å². The molecular weight excluding hydrogens is 401 g/mol. The first-order chi connectivity index (χ1) is 9.70. The average Bonchev–Trinajstić information content (AvgIpc) is 2.74. The fourth-order valence-corrected chi connectivity index (χ4v) is 4.63. The lowest BCUT2D eigenvalue weighted by Crippen LogP contribution is -2.13. The third kappa shape index (κ3) is 3.71. The van der Waals surface area contributed by atoms with Crippen LogP contribution in [-0.2, 0) is 10.0 Å². The molecule has 5 nitrogen and oxygen atoms in total.